The maximum absolute atomic E-state index is 12.9. The lowest BCUT2D eigenvalue weighted by Gasteiger charge is -2.33. The standard InChI is InChI=1S/C19H16ClNO5/c1-3-5-12-6-4-7-15-16(12)26-18(19(20,17(15)22)21(23)24)13-8-10-14(25-2)11-9-13/h3-4,6-11,18H,1,5H2,2H3/t18-,19+/m0/s1. The predicted molar refractivity (Wildman–Crippen MR) is 96.6 cm³/mol. The number of ether oxygens (including phenoxy) is 2. The molecule has 26 heavy (non-hydrogen) atoms. The maximum atomic E-state index is 12.9. The van der Waals surface area contributed by atoms with E-state index in [-0.39, 0.29) is 5.56 Å². The van der Waals surface area contributed by atoms with E-state index in [1.165, 1.54) is 13.2 Å². The van der Waals surface area contributed by atoms with Crippen LogP contribution in [0.5, 0.6) is 11.5 Å². The lowest BCUT2D eigenvalue weighted by Crippen LogP contribution is -2.51. The SMILES string of the molecule is C=CCc1cccc2c1O[C@@H](c1ccc(OC)cc1)[C@](Cl)([N+](=O)[O-])C2=O. The van der Waals surface area contributed by atoms with E-state index in [9.17, 15) is 14.9 Å². The molecule has 0 N–H and O–H groups in total. The molecule has 0 spiro atoms. The van der Waals surface area contributed by atoms with Crippen LogP contribution in [-0.4, -0.2) is 22.8 Å². The van der Waals surface area contributed by atoms with Crippen LogP contribution in [0, 0.1) is 10.1 Å². The van der Waals surface area contributed by atoms with Gasteiger partial charge >= 0.3 is 5.00 Å². The molecule has 2 aromatic rings. The largest absolute Gasteiger partial charge is 0.497 e. The van der Waals surface area contributed by atoms with Crippen molar-refractivity contribution in [2.24, 2.45) is 0 Å². The number of methoxy groups -OCH3 is 1. The predicted octanol–water partition coefficient (Wildman–Crippen LogP) is 3.95. The zero-order chi connectivity index (χ0) is 18.9. The van der Waals surface area contributed by atoms with Crippen LogP contribution in [0.4, 0.5) is 0 Å². The van der Waals surface area contributed by atoms with Crippen molar-refractivity contribution in [1.82, 2.24) is 0 Å². The number of ketones is 1. The number of para-hydroxylation sites is 1. The van der Waals surface area contributed by atoms with E-state index in [2.05, 4.69) is 6.58 Å². The number of rotatable bonds is 5. The third kappa shape index (κ3) is 2.72. The number of hydrogen-bond donors (Lipinski definition) is 0. The third-order valence-corrected chi connectivity index (χ3v) is 4.80. The highest BCUT2D eigenvalue weighted by molar-refractivity contribution is 6.37. The molecule has 7 heteroatoms. The van der Waals surface area contributed by atoms with E-state index < -0.39 is 21.8 Å². The van der Waals surface area contributed by atoms with E-state index in [0.29, 0.717) is 29.0 Å². The molecule has 1 heterocycles. The Balaban J connectivity index is 2.17. The van der Waals surface area contributed by atoms with Gasteiger partial charge in [0.15, 0.2) is 0 Å². The van der Waals surface area contributed by atoms with Gasteiger partial charge in [-0.1, -0.05) is 30.3 Å². The molecule has 0 unspecified atom stereocenters. The van der Waals surface area contributed by atoms with Crippen LogP contribution in [0.1, 0.15) is 27.6 Å². The van der Waals surface area contributed by atoms with Crippen LogP contribution in [0.15, 0.2) is 55.1 Å². The van der Waals surface area contributed by atoms with Crippen molar-refractivity contribution in [3.63, 3.8) is 0 Å². The number of halogens is 1. The number of carbonyl (C=O) groups excluding carboxylic acids is 1. The molecule has 0 amide bonds. The molecule has 0 radical (unpaired) electrons. The molecule has 0 aromatic heterocycles. The van der Waals surface area contributed by atoms with Crippen molar-refractivity contribution in [3.05, 3.63) is 81.9 Å². The number of benzene rings is 2. The fourth-order valence-electron chi connectivity index (χ4n) is 2.97. The average molecular weight is 374 g/mol. The van der Waals surface area contributed by atoms with Crippen LogP contribution < -0.4 is 9.47 Å². The highest BCUT2D eigenvalue weighted by atomic mass is 35.5. The second kappa shape index (κ2) is 6.80. The minimum absolute atomic E-state index is 0.0980. The Labute approximate surface area is 155 Å². The molecule has 3 rings (SSSR count). The Morgan fingerprint density at radius 3 is 2.62 bits per heavy atom. The molecule has 0 fully saturated rings. The Bertz CT molecular complexity index is 880. The van der Waals surface area contributed by atoms with Gasteiger partial charge in [0, 0.05) is 5.56 Å². The number of carbonyl (C=O) groups is 1. The smallest absolute Gasteiger partial charge is 0.397 e. The average Bonchev–Trinajstić information content (AvgIpc) is 2.65. The molecule has 134 valence electrons. The monoisotopic (exact) mass is 373 g/mol. The highest BCUT2D eigenvalue weighted by Crippen LogP contribution is 2.46. The van der Waals surface area contributed by atoms with Crippen LogP contribution >= 0.6 is 11.6 Å². The van der Waals surface area contributed by atoms with E-state index in [1.54, 1.807) is 42.5 Å². The fraction of sp³-hybridized carbons (Fsp3) is 0.211. The Hall–Kier alpha value is -2.86. The van der Waals surface area contributed by atoms with E-state index in [1.807, 2.05) is 0 Å². The highest BCUT2D eigenvalue weighted by Gasteiger charge is 2.62. The third-order valence-electron chi connectivity index (χ3n) is 4.29. The van der Waals surface area contributed by atoms with Crippen LogP contribution in [0.3, 0.4) is 0 Å². The topological polar surface area (TPSA) is 78.7 Å². The maximum Gasteiger partial charge on any atom is 0.397 e. The van der Waals surface area contributed by atoms with E-state index in [4.69, 9.17) is 21.1 Å². The lowest BCUT2D eigenvalue weighted by molar-refractivity contribution is -0.536. The fourth-order valence-corrected chi connectivity index (χ4v) is 3.24. The van der Waals surface area contributed by atoms with Crippen molar-refractivity contribution in [2.45, 2.75) is 17.5 Å². The van der Waals surface area contributed by atoms with Gasteiger partial charge in [-0.2, -0.15) is 0 Å². The summed E-state index contributed by atoms with van der Waals surface area (Å²) in [5.41, 5.74) is 1.22. The summed E-state index contributed by atoms with van der Waals surface area (Å²) in [6.45, 7) is 3.69. The molecule has 0 aliphatic carbocycles. The van der Waals surface area contributed by atoms with Gasteiger partial charge in [0.05, 0.1) is 17.6 Å². The van der Waals surface area contributed by atoms with Crippen molar-refractivity contribution < 1.29 is 19.2 Å². The summed E-state index contributed by atoms with van der Waals surface area (Å²) in [4.78, 5) is 21.4. The van der Waals surface area contributed by atoms with Gasteiger partial charge in [-0.15, -0.1) is 6.58 Å². The number of Topliss-reactive ketones (excluding diaryl/α,β-unsaturated/α-hetero) is 1. The van der Waals surface area contributed by atoms with E-state index >= 15 is 0 Å². The molecule has 0 bridgehead atoms. The van der Waals surface area contributed by atoms with Gasteiger partial charge in [-0.25, -0.2) is 0 Å². The summed E-state index contributed by atoms with van der Waals surface area (Å²) in [6.07, 6.45) is 0.845. The van der Waals surface area contributed by atoms with Crippen molar-refractivity contribution in [1.29, 1.82) is 0 Å². The Morgan fingerprint density at radius 2 is 2.04 bits per heavy atom. The molecule has 1 aliphatic heterocycles. The number of nitrogens with zero attached hydrogens (tertiary/aromatic N) is 1. The molecular formula is C19H16ClNO5. The first-order valence-electron chi connectivity index (χ1n) is 7.85. The molecule has 0 saturated carbocycles. The van der Waals surface area contributed by atoms with Crippen LogP contribution in [-0.2, 0) is 6.42 Å². The summed E-state index contributed by atoms with van der Waals surface area (Å²) >= 11 is 6.27. The van der Waals surface area contributed by atoms with Gasteiger partial charge in [0.2, 0.25) is 6.10 Å². The zero-order valence-electron chi connectivity index (χ0n) is 14.0. The van der Waals surface area contributed by atoms with Crippen molar-refractivity contribution >= 4 is 17.4 Å². The number of allylic oxidation sites excluding steroid dienone is 1. The van der Waals surface area contributed by atoms with Crippen LogP contribution in [0.2, 0.25) is 0 Å². The van der Waals surface area contributed by atoms with Gasteiger partial charge in [-0.3, -0.25) is 14.9 Å². The van der Waals surface area contributed by atoms with E-state index in [0.717, 1.165) is 0 Å². The molecule has 1 aliphatic rings. The van der Waals surface area contributed by atoms with Crippen LogP contribution in [0.25, 0.3) is 0 Å². The normalized spacial score (nSPS) is 21.5. The first-order valence-corrected chi connectivity index (χ1v) is 8.22. The molecule has 0 saturated heterocycles. The lowest BCUT2D eigenvalue weighted by atomic mass is 9.89. The number of hydrogen-bond acceptors (Lipinski definition) is 5. The second-order valence-corrected chi connectivity index (χ2v) is 6.39. The minimum atomic E-state index is -2.45. The minimum Gasteiger partial charge on any atom is -0.497 e. The Kier molecular flexibility index (Phi) is 4.70. The van der Waals surface area contributed by atoms with Gasteiger partial charge < -0.3 is 9.47 Å². The van der Waals surface area contributed by atoms with Crippen molar-refractivity contribution in [3.8, 4) is 11.5 Å². The second-order valence-electron chi connectivity index (χ2n) is 5.82. The summed E-state index contributed by atoms with van der Waals surface area (Å²) in [5, 5.41) is 11.7. The zero-order valence-corrected chi connectivity index (χ0v) is 14.7. The summed E-state index contributed by atoms with van der Waals surface area (Å²) in [7, 11) is 1.51. The molecule has 2 atom stereocenters. The van der Waals surface area contributed by atoms with Crippen molar-refractivity contribution in [2.75, 3.05) is 7.11 Å². The summed E-state index contributed by atoms with van der Waals surface area (Å²) < 4.78 is 11.0. The summed E-state index contributed by atoms with van der Waals surface area (Å²) in [6, 6.07) is 11.4. The quantitative estimate of drug-likeness (QED) is 0.261. The van der Waals surface area contributed by atoms with Gasteiger partial charge in [0.25, 0.3) is 5.78 Å². The first kappa shape index (κ1) is 17.9. The first-order chi connectivity index (χ1) is 12.4. The van der Waals surface area contributed by atoms with Gasteiger partial charge in [-0.05, 0) is 41.8 Å². The number of nitro groups is 1. The number of alkyl halides is 1. The molecule has 6 nitrogen and oxygen atoms in total. The molecular weight excluding hydrogens is 358 g/mol. The van der Waals surface area contributed by atoms with Gasteiger partial charge in [0.1, 0.15) is 11.5 Å². The number of fused-ring (bicyclic) bond motifs is 1. The summed E-state index contributed by atoms with van der Waals surface area (Å²) in [5.74, 6) is 0.0819. The molecule has 2 aromatic carbocycles. The Morgan fingerprint density at radius 1 is 1.35 bits per heavy atom.